The van der Waals surface area contributed by atoms with Gasteiger partial charge in [-0.1, -0.05) is 11.6 Å². The van der Waals surface area contributed by atoms with Gasteiger partial charge >= 0.3 is 5.97 Å². The standard InChI is InChI=1S/C12H15ClO3/c1-6-7(2)12(16)11(13)8(3)9(6)4-5-10(14)15/h16H,4-5H2,1-3H3,(H,14,15). The zero-order valence-corrected chi connectivity index (χ0v) is 10.4. The molecule has 1 rings (SSSR count). The van der Waals surface area contributed by atoms with Gasteiger partial charge in [-0.15, -0.1) is 0 Å². The van der Waals surface area contributed by atoms with Crippen molar-refractivity contribution in [3.8, 4) is 5.75 Å². The summed E-state index contributed by atoms with van der Waals surface area (Å²) in [5.74, 6) is -0.739. The van der Waals surface area contributed by atoms with Crippen LogP contribution in [0.5, 0.6) is 5.75 Å². The van der Waals surface area contributed by atoms with Crippen molar-refractivity contribution < 1.29 is 15.0 Å². The van der Waals surface area contributed by atoms with Gasteiger partial charge in [0.05, 0.1) is 5.02 Å². The fraction of sp³-hybridized carbons (Fsp3) is 0.417. The number of aromatic hydroxyl groups is 1. The van der Waals surface area contributed by atoms with Crippen LogP contribution in [-0.4, -0.2) is 16.2 Å². The maximum Gasteiger partial charge on any atom is 0.303 e. The van der Waals surface area contributed by atoms with Gasteiger partial charge in [0.1, 0.15) is 5.75 Å². The molecule has 0 aromatic heterocycles. The average molecular weight is 243 g/mol. The third-order valence-electron chi connectivity index (χ3n) is 2.95. The topological polar surface area (TPSA) is 57.5 Å². The molecule has 0 spiro atoms. The summed E-state index contributed by atoms with van der Waals surface area (Å²) >= 11 is 5.98. The number of hydrogen-bond acceptors (Lipinski definition) is 2. The van der Waals surface area contributed by atoms with Crippen LogP contribution in [-0.2, 0) is 11.2 Å². The van der Waals surface area contributed by atoms with Gasteiger partial charge in [0, 0.05) is 6.42 Å². The number of phenols is 1. The van der Waals surface area contributed by atoms with Crippen LogP contribution in [0.3, 0.4) is 0 Å². The Bertz CT molecular complexity index is 409. The zero-order chi connectivity index (χ0) is 12.5. The highest BCUT2D eigenvalue weighted by atomic mass is 35.5. The average Bonchev–Trinajstić information content (AvgIpc) is 2.23. The van der Waals surface area contributed by atoms with Crippen LogP contribution in [0.4, 0.5) is 0 Å². The van der Waals surface area contributed by atoms with Crippen molar-refractivity contribution in [1.82, 2.24) is 0 Å². The molecule has 0 bridgehead atoms. The van der Waals surface area contributed by atoms with E-state index in [2.05, 4.69) is 0 Å². The molecule has 88 valence electrons. The molecular formula is C12H15ClO3. The Kier molecular flexibility index (Phi) is 3.81. The second-order valence-corrected chi connectivity index (χ2v) is 4.29. The number of phenolic OH excluding ortho intramolecular Hbond substituents is 1. The lowest BCUT2D eigenvalue weighted by Gasteiger charge is -2.15. The minimum absolute atomic E-state index is 0.0717. The lowest BCUT2D eigenvalue weighted by molar-refractivity contribution is -0.136. The fourth-order valence-electron chi connectivity index (χ4n) is 1.77. The molecule has 0 saturated carbocycles. The normalized spacial score (nSPS) is 10.5. The number of carbonyl (C=O) groups is 1. The molecular weight excluding hydrogens is 228 g/mol. The Balaban J connectivity index is 3.23. The van der Waals surface area contributed by atoms with Crippen LogP contribution in [0.15, 0.2) is 0 Å². The van der Waals surface area contributed by atoms with Crippen molar-refractivity contribution in [1.29, 1.82) is 0 Å². The highest BCUT2D eigenvalue weighted by molar-refractivity contribution is 6.33. The van der Waals surface area contributed by atoms with Gasteiger partial charge in [-0.25, -0.2) is 0 Å². The fourth-order valence-corrected chi connectivity index (χ4v) is 2.02. The zero-order valence-electron chi connectivity index (χ0n) is 9.59. The van der Waals surface area contributed by atoms with E-state index in [-0.39, 0.29) is 12.2 Å². The first-order chi connectivity index (χ1) is 7.36. The summed E-state index contributed by atoms with van der Waals surface area (Å²) in [5, 5.41) is 18.7. The van der Waals surface area contributed by atoms with Gasteiger partial charge in [0.2, 0.25) is 0 Å². The molecule has 4 heteroatoms. The monoisotopic (exact) mass is 242 g/mol. The Labute approximate surface area is 99.7 Å². The van der Waals surface area contributed by atoms with E-state index >= 15 is 0 Å². The highest BCUT2D eigenvalue weighted by Crippen LogP contribution is 2.36. The third-order valence-corrected chi connectivity index (χ3v) is 3.41. The lowest BCUT2D eigenvalue weighted by atomic mass is 9.94. The van der Waals surface area contributed by atoms with Gasteiger partial charge in [-0.2, -0.15) is 0 Å². The minimum Gasteiger partial charge on any atom is -0.506 e. The predicted molar refractivity (Wildman–Crippen MR) is 63.3 cm³/mol. The minimum atomic E-state index is -0.833. The van der Waals surface area contributed by atoms with E-state index in [4.69, 9.17) is 16.7 Å². The Morgan fingerprint density at radius 2 is 1.75 bits per heavy atom. The van der Waals surface area contributed by atoms with Crippen molar-refractivity contribution in [3.05, 3.63) is 27.3 Å². The van der Waals surface area contributed by atoms with Crippen LogP contribution in [0.25, 0.3) is 0 Å². The van der Waals surface area contributed by atoms with Gasteiger partial charge in [0.15, 0.2) is 0 Å². The van der Waals surface area contributed by atoms with Crippen LogP contribution in [0.2, 0.25) is 5.02 Å². The van der Waals surface area contributed by atoms with Gasteiger partial charge in [-0.3, -0.25) is 4.79 Å². The van der Waals surface area contributed by atoms with E-state index in [0.29, 0.717) is 11.4 Å². The molecule has 0 saturated heterocycles. The molecule has 2 N–H and O–H groups in total. The molecule has 16 heavy (non-hydrogen) atoms. The van der Waals surface area contributed by atoms with Crippen LogP contribution < -0.4 is 0 Å². The molecule has 0 fully saturated rings. The molecule has 0 atom stereocenters. The van der Waals surface area contributed by atoms with Crippen molar-refractivity contribution in [2.45, 2.75) is 33.6 Å². The summed E-state index contributed by atoms with van der Waals surface area (Å²) in [5.41, 5.74) is 3.32. The van der Waals surface area contributed by atoms with Crippen molar-refractivity contribution in [2.24, 2.45) is 0 Å². The molecule has 0 aliphatic heterocycles. The summed E-state index contributed by atoms with van der Waals surface area (Å²) in [6, 6.07) is 0. The third kappa shape index (κ3) is 2.30. The van der Waals surface area contributed by atoms with E-state index in [0.717, 1.165) is 22.3 Å². The lowest BCUT2D eigenvalue weighted by Crippen LogP contribution is -2.03. The first-order valence-electron chi connectivity index (χ1n) is 5.05. The molecule has 0 aliphatic carbocycles. The Morgan fingerprint density at radius 1 is 1.19 bits per heavy atom. The van der Waals surface area contributed by atoms with Crippen molar-refractivity contribution in [2.75, 3.05) is 0 Å². The highest BCUT2D eigenvalue weighted by Gasteiger charge is 2.15. The number of benzene rings is 1. The summed E-state index contributed by atoms with van der Waals surface area (Å²) in [4.78, 5) is 10.5. The molecule has 0 aliphatic rings. The Morgan fingerprint density at radius 3 is 2.25 bits per heavy atom. The molecule has 0 unspecified atom stereocenters. The summed E-state index contributed by atoms with van der Waals surface area (Å²) in [7, 11) is 0. The summed E-state index contributed by atoms with van der Waals surface area (Å²) < 4.78 is 0. The second kappa shape index (κ2) is 4.74. The largest absolute Gasteiger partial charge is 0.506 e. The van der Waals surface area contributed by atoms with Gasteiger partial charge in [0.25, 0.3) is 0 Å². The summed E-state index contributed by atoms with van der Waals surface area (Å²) in [6.07, 6.45) is 0.510. The van der Waals surface area contributed by atoms with Crippen LogP contribution in [0.1, 0.15) is 28.7 Å². The molecule has 0 heterocycles. The quantitative estimate of drug-likeness (QED) is 0.857. The number of aliphatic carboxylic acids is 1. The number of carboxylic acid groups (broad SMARTS) is 1. The molecule has 1 aromatic carbocycles. The van der Waals surface area contributed by atoms with E-state index in [9.17, 15) is 9.90 Å². The SMILES string of the molecule is Cc1c(C)c(CCC(=O)O)c(C)c(Cl)c1O. The van der Waals surface area contributed by atoms with E-state index in [1.54, 1.807) is 13.8 Å². The second-order valence-electron chi connectivity index (χ2n) is 3.91. The summed E-state index contributed by atoms with van der Waals surface area (Å²) in [6.45, 7) is 5.45. The van der Waals surface area contributed by atoms with Crippen LogP contribution in [0, 0.1) is 20.8 Å². The first kappa shape index (κ1) is 12.8. The van der Waals surface area contributed by atoms with Crippen molar-refractivity contribution >= 4 is 17.6 Å². The van der Waals surface area contributed by atoms with Gasteiger partial charge < -0.3 is 10.2 Å². The number of hydrogen-bond donors (Lipinski definition) is 2. The number of carboxylic acids is 1. The molecule has 0 radical (unpaired) electrons. The maximum atomic E-state index is 10.5. The molecule has 3 nitrogen and oxygen atoms in total. The first-order valence-corrected chi connectivity index (χ1v) is 5.43. The predicted octanol–water partition coefficient (Wildman–Crippen LogP) is 2.99. The maximum absolute atomic E-state index is 10.5. The van der Waals surface area contributed by atoms with Gasteiger partial charge in [-0.05, 0) is 49.4 Å². The smallest absolute Gasteiger partial charge is 0.303 e. The molecule has 1 aromatic rings. The number of halogens is 1. The van der Waals surface area contributed by atoms with Crippen LogP contribution >= 0.6 is 11.6 Å². The number of rotatable bonds is 3. The van der Waals surface area contributed by atoms with E-state index in [1.165, 1.54) is 0 Å². The Hall–Kier alpha value is -1.22. The molecule has 0 amide bonds. The van der Waals surface area contributed by atoms with E-state index < -0.39 is 5.97 Å². The van der Waals surface area contributed by atoms with E-state index in [1.807, 2.05) is 6.92 Å². The van der Waals surface area contributed by atoms with Crippen molar-refractivity contribution in [3.63, 3.8) is 0 Å².